The Hall–Kier alpha value is -1.56. The van der Waals surface area contributed by atoms with Crippen LogP contribution in [-0.4, -0.2) is 49.3 Å². The first kappa shape index (κ1) is 16.8. The van der Waals surface area contributed by atoms with Gasteiger partial charge in [-0.15, -0.1) is 0 Å². The van der Waals surface area contributed by atoms with Gasteiger partial charge in [0.1, 0.15) is 0 Å². The monoisotopic (exact) mass is 338 g/mol. The Bertz CT molecular complexity index is 664. The fourth-order valence-corrected chi connectivity index (χ4v) is 3.75. The molecule has 0 atom stereocenters. The zero-order valence-electron chi connectivity index (χ0n) is 12.3. The Morgan fingerprint density at radius 1 is 1.36 bits per heavy atom. The lowest BCUT2D eigenvalue weighted by Gasteiger charge is -2.26. The molecule has 0 unspecified atom stereocenters. The number of nitriles is 1. The average Bonchev–Trinajstić information content (AvgIpc) is 2.51. The molecule has 0 amide bonds. The smallest absolute Gasteiger partial charge is 0.183 e. The summed E-state index contributed by atoms with van der Waals surface area (Å²) >= 11 is 1.37. The third-order valence-electron chi connectivity index (χ3n) is 3.37. The minimum Gasteiger partial charge on any atom is -0.297 e. The van der Waals surface area contributed by atoms with E-state index in [0.717, 1.165) is 17.8 Å². The van der Waals surface area contributed by atoms with Crippen LogP contribution < -0.4 is 5.32 Å². The fourth-order valence-electron chi connectivity index (χ4n) is 2.13. The summed E-state index contributed by atoms with van der Waals surface area (Å²) in [6.45, 7) is 1.92. The molecule has 1 N–H and O–H groups in total. The molecule has 0 spiro atoms. The summed E-state index contributed by atoms with van der Waals surface area (Å²) < 4.78 is 22.8. The van der Waals surface area contributed by atoms with Crippen molar-refractivity contribution in [1.82, 2.24) is 10.2 Å². The molecule has 2 rings (SSSR count). The summed E-state index contributed by atoms with van der Waals surface area (Å²) in [6.07, 6.45) is 3.70. The number of thioether (sulfide) groups is 1. The molecule has 1 aromatic carbocycles. The third kappa shape index (κ3) is 5.02. The van der Waals surface area contributed by atoms with Crippen LogP contribution in [-0.2, 0) is 16.4 Å². The predicted octanol–water partition coefficient (Wildman–Crippen LogP) is 1.34. The van der Waals surface area contributed by atoms with Gasteiger partial charge in [0.25, 0.3) is 0 Å². The Morgan fingerprint density at radius 3 is 2.55 bits per heavy atom. The van der Waals surface area contributed by atoms with E-state index in [1.807, 2.05) is 36.7 Å². The van der Waals surface area contributed by atoms with Crippen LogP contribution in [0.25, 0.3) is 0 Å². The maximum absolute atomic E-state index is 11.4. The van der Waals surface area contributed by atoms with Gasteiger partial charge in [-0.05, 0) is 24.0 Å². The van der Waals surface area contributed by atoms with E-state index in [1.165, 1.54) is 11.8 Å². The molecule has 118 valence electrons. The molecular weight excluding hydrogens is 320 g/mol. The number of amidine groups is 1. The van der Waals surface area contributed by atoms with Gasteiger partial charge in [0.05, 0.1) is 17.2 Å². The average molecular weight is 338 g/mol. The summed E-state index contributed by atoms with van der Waals surface area (Å²) in [5, 5.41) is 11.7. The number of rotatable bonds is 3. The van der Waals surface area contributed by atoms with Crippen molar-refractivity contribution in [2.24, 2.45) is 4.99 Å². The molecule has 1 fully saturated rings. The molecule has 0 aliphatic carbocycles. The van der Waals surface area contributed by atoms with Crippen molar-refractivity contribution in [3.63, 3.8) is 0 Å². The van der Waals surface area contributed by atoms with Crippen LogP contribution in [0.15, 0.2) is 29.3 Å². The Balaban J connectivity index is 1.96. The lowest BCUT2D eigenvalue weighted by molar-refractivity contribution is 0.287. The van der Waals surface area contributed by atoms with Crippen molar-refractivity contribution in [3.05, 3.63) is 29.8 Å². The quantitative estimate of drug-likeness (QED) is 0.387. The van der Waals surface area contributed by atoms with Crippen molar-refractivity contribution >= 4 is 32.5 Å². The molecule has 1 heterocycles. The highest BCUT2D eigenvalue weighted by molar-refractivity contribution is 8.13. The van der Waals surface area contributed by atoms with Crippen LogP contribution in [0.5, 0.6) is 0 Å². The number of nitrogens with one attached hydrogen (secondary N) is 1. The summed E-state index contributed by atoms with van der Waals surface area (Å²) in [7, 11) is -2.83. The minimum absolute atomic E-state index is 0.242. The number of hydrogen-bond donors (Lipinski definition) is 1. The first-order valence-corrected chi connectivity index (χ1v) is 9.86. The molecule has 1 aromatic rings. The largest absolute Gasteiger partial charge is 0.297 e. The molecule has 6 nitrogen and oxygen atoms in total. The van der Waals surface area contributed by atoms with Crippen molar-refractivity contribution < 1.29 is 8.42 Å². The topological polar surface area (TPSA) is 85.6 Å². The zero-order chi connectivity index (χ0) is 16.0. The number of hydrogen-bond acceptors (Lipinski definition) is 6. The van der Waals surface area contributed by atoms with Gasteiger partial charge >= 0.3 is 0 Å². The standard InChI is InChI=1S/C14H18N4O2S2/c1-21-14(16-11-15)17-13-4-2-12(3-5-13)10-18-6-8-22(19,20)9-7-18/h2-5H,6-10H2,1H3,(H,16,17). The maximum atomic E-state index is 11.4. The number of benzene rings is 1. The first-order chi connectivity index (χ1) is 10.5. The molecule has 1 aliphatic rings. The minimum atomic E-state index is -2.83. The summed E-state index contributed by atoms with van der Waals surface area (Å²) in [6, 6.07) is 7.75. The molecule has 0 bridgehead atoms. The zero-order valence-corrected chi connectivity index (χ0v) is 14.0. The van der Waals surface area contributed by atoms with Gasteiger partial charge in [0.2, 0.25) is 0 Å². The van der Waals surface area contributed by atoms with Gasteiger partial charge in [-0.25, -0.2) is 13.4 Å². The predicted molar refractivity (Wildman–Crippen MR) is 89.7 cm³/mol. The molecule has 0 saturated carbocycles. The van der Waals surface area contributed by atoms with Gasteiger partial charge < -0.3 is 0 Å². The van der Waals surface area contributed by atoms with E-state index in [4.69, 9.17) is 5.26 Å². The lowest BCUT2D eigenvalue weighted by atomic mass is 10.2. The van der Waals surface area contributed by atoms with Crippen molar-refractivity contribution in [2.75, 3.05) is 30.9 Å². The van der Waals surface area contributed by atoms with E-state index < -0.39 is 9.84 Å². The summed E-state index contributed by atoms with van der Waals surface area (Å²) in [5.41, 5.74) is 1.90. The van der Waals surface area contributed by atoms with Crippen LogP contribution in [0, 0.1) is 11.5 Å². The number of aliphatic imine (C=N–C) groups is 1. The maximum Gasteiger partial charge on any atom is 0.183 e. The van der Waals surface area contributed by atoms with Crippen molar-refractivity contribution in [2.45, 2.75) is 6.54 Å². The van der Waals surface area contributed by atoms with Gasteiger partial charge in [-0.3, -0.25) is 10.2 Å². The van der Waals surface area contributed by atoms with E-state index >= 15 is 0 Å². The molecule has 8 heteroatoms. The molecule has 1 saturated heterocycles. The van der Waals surface area contributed by atoms with Gasteiger partial charge in [0.15, 0.2) is 21.2 Å². The molecule has 22 heavy (non-hydrogen) atoms. The van der Waals surface area contributed by atoms with E-state index in [9.17, 15) is 8.42 Å². The third-order valence-corrected chi connectivity index (χ3v) is 5.56. The van der Waals surface area contributed by atoms with E-state index in [-0.39, 0.29) is 11.5 Å². The highest BCUT2D eigenvalue weighted by atomic mass is 32.2. The van der Waals surface area contributed by atoms with Gasteiger partial charge in [-0.1, -0.05) is 23.9 Å². The fraction of sp³-hybridized carbons (Fsp3) is 0.429. The molecular formula is C14H18N4O2S2. The molecule has 0 aromatic heterocycles. The molecule has 1 aliphatic heterocycles. The van der Waals surface area contributed by atoms with Crippen LogP contribution in [0.3, 0.4) is 0 Å². The second-order valence-corrected chi connectivity index (χ2v) is 8.05. The highest BCUT2D eigenvalue weighted by Crippen LogP contribution is 2.17. The normalized spacial score (nSPS) is 18.6. The van der Waals surface area contributed by atoms with Crippen molar-refractivity contribution in [3.8, 4) is 6.19 Å². The lowest BCUT2D eigenvalue weighted by Crippen LogP contribution is -2.39. The summed E-state index contributed by atoms with van der Waals surface area (Å²) in [5.74, 6) is 0.485. The second kappa shape index (κ2) is 7.63. The van der Waals surface area contributed by atoms with Crippen LogP contribution in [0.2, 0.25) is 0 Å². The first-order valence-electron chi connectivity index (χ1n) is 6.82. The van der Waals surface area contributed by atoms with Crippen LogP contribution in [0.1, 0.15) is 5.56 Å². The van der Waals surface area contributed by atoms with Crippen molar-refractivity contribution in [1.29, 1.82) is 5.26 Å². The SMILES string of the molecule is CSC(=Nc1ccc(CN2CCS(=O)(=O)CC2)cc1)NC#N. The highest BCUT2D eigenvalue weighted by Gasteiger charge is 2.21. The Kier molecular flexibility index (Phi) is 5.83. The number of nitrogens with zero attached hydrogens (tertiary/aromatic N) is 3. The second-order valence-electron chi connectivity index (χ2n) is 4.95. The van der Waals surface area contributed by atoms with E-state index in [2.05, 4.69) is 15.2 Å². The molecule has 0 radical (unpaired) electrons. The summed E-state index contributed by atoms with van der Waals surface area (Å²) in [4.78, 5) is 6.47. The Labute approximate surface area is 135 Å². The van der Waals surface area contributed by atoms with Crippen LogP contribution in [0.4, 0.5) is 5.69 Å². The van der Waals surface area contributed by atoms with Gasteiger partial charge in [-0.2, -0.15) is 5.26 Å². The number of sulfone groups is 1. The van der Waals surface area contributed by atoms with Crippen LogP contribution >= 0.6 is 11.8 Å². The Morgan fingerprint density at radius 2 is 2.00 bits per heavy atom. The van der Waals surface area contributed by atoms with E-state index in [1.54, 1.807) is 0 Å². The van der Waals surface area contributed by atoms with E-state index in [0.29, 0.717) is 18.3 Å². The van der Waals surface area contributed by atoms with Gasteiger partial charge in [0, 0.05) is 19.6 Å².